The SMILES string of the molecule is [O-][N+]#Cc1cccc2ccccc12. The van der Waals surface area contributed by atoms with Gasteiger partial charge in [-0.15, -0.1) is 0 Å². The van der Waals surface area contributed by atoms with E-state index >= 15 is 0 Å². The summed E-state index contributed by atoms with van der Waals surface area (Å²) in [6, 6.07) is 15.9. The van der Waals surface area contributed by atoms with Crippen LogP contribution in [0.15, 0.2) is 42.5 Å². The molecule has 0 aliphatic rings. The fourth-order valence-electron chi connectivity index (χ4n) is 1.37. The summed E-state index contributed by atoms with van der Waals surface area (Å²) in [5.74, 6) is 0. The van der Waals surface area contributed by atoms with Gasteiger partial charge in [0.1, 0.15) is 5.56 Å². The molecule has 13 heavy (non-hydrogen) atoms. The third-order valence-corrected chi connectivity index (χ3v) is 1.96. The van der Waals surface area contributed by atoms with Crippen molar-refractivity contribution in [3.8, 4) is 6.07 Å². The fourth-order valence-corrected chi connectivity index (χ4v) is 1.37. The molecule has 2 rings (SSSR count). The summed E-state index contributed by atoms with van der Waals surface area (Å²) in [7, 11) is 0. The number of hydrogen-bond donors (Lipinski definition) is 0. The van der Waals surface area contributed by atoms with Gasteiger partial charge in [0.15, 0.2) is 0 Å². The summed E-state index contributed by atoms with van der Waals surface area (Å²) in [5, 5.41) is 14.8. The molecule has 2 aromatic rings. The van der Waals surface area contributed by atoms with Crippen molar-refractivity contribution in [2.45, 2.75) is 0 Å². The largest absolute Gasteiger partial charge is 0.498 e. The second-order valence-corrected chi connectivity index (χ2v) is 2.73. The number of fused-ring (bicyclic) bond motifs is 1. The Labute approximate surface area is 75.8 Å². The van der Waals surface area contributed by atoms with Crippen LogP contribution in [-0.2, 0) is 0 Å². The standard InChI is InChI=1S/C11H7NO/c13-12-8-10-6-3-5-9-4-1-2-7-11(9)10/h1-7H. The van der Waals surface area contributed by atoms with Crippen LogP contribution in [-0.4, -0.2) is 0 Å². The molecule has 0 N–H and O–H groups in total. The summed E-state index contributed by atoms with van der Waals surface area (Å²) < 4.78 is 0. The average molecular weight is 169 g/mol. The molecule has 0 fully saturated rings. The average Bonchev–Trinajstić information content (AvgIpc) is 2.19. The highest BCUT2D eigenvalue weighted by atomic mass is 16.4. The van der Waals surface area contributed by atoms with Crippen molar-refractivity contribution >= 4 is 10.8 Å². The molecule has 0 unspecified atom stereocenters. The molecule has 0 saturated carbocycles. The molecule has 62 valence electrons. The van der Waals surface area contributed by atoms with E-state index in [2.05, 4.69) is 11.1 Å². The minimum Gasteiger partial charge on any atom is -0.498 e. The summed E-state index contributed by atoms with van der Waals surface area (Å²) in [6.07, 6.45) is 0. The van der Waals surface area contributed by atoms with Gasteiger partial charge in [0, 0.05) is 10.4 Å². The molecule has 0 heterocycles. The lowest BCUT2D eigenvalue weighted by molar-refractivity contribution is 1.70. The lowest BCUT2D eigenvalue weighted by Gasteiger charge is -1.95. The highest BCUT2D eigenvalue weighted by Gasteiger charge is 2.00. The van der Waals surface area contributed by atoms with Crippen LogP contribution in [0.2, 0.25) is 0 Å². The molecule has 0 radical (unpaired) electrons. The molecule has 0 aromatic heterocycles. The first-order valence-corrected chi connectivity index (χ1v) is 3.98. The van der Waals surface area contributed by atoms with Crippen LogP contribution in [0.5, 0.6) is 0 Å². The molecule has 2 nitrogen and oxygen atoms in total. The summed E-state index contributed by atoms with van der Waals surface area (Å²) >= 11 is 0. The molecule has 0 aliphatic carbocycles. The molecule has 0 bridgehead atoms. The molecule has 0 saturated heterocycles. The zero-order valence-electron chi connectivity index (χ0n) is 6.90. The molecule has 0 aliphatic heterocycles. The van der Waals surface area contributed by atoms with Gasteiger partial charge in [0.2, 0.25) is 0 Å². The Hall–Kier alpha value is -2.01. The van der Waals surface area contributed by atoms with Gasteiger partial charge in [-0.25, -0.2) is 0 Å². The maximum atomic E-state index is 10.1. The number of benzene rings is 2. The van der Waals surface area contributed by atoms with E-state index in [1.807, 2.05) is 42.5 Å². The van der Waals surface area contributed by atoms with Gasteiger partial charge in [0.25, 0.3) is 0 Å². The second-order valence-electron chi connectivity index (χ2n) is 2.73. The van der Waals surface area contributed by atoms with E-state index in [1.54, 1.807) is 0 Å². The minimum atomic E-state index is 0.744. The molecule has 0 atom stereocenters. The first kappa shape index (κ1) is 7.63. The van der Waals surface area contributed by atoms with E-state index in [0.717, 1.165) is 16.3 Å². The van der Waals surface area contributed by atoms with Gasteiger partial charge in [-0.1, -0.05) is 36.4 Å². The van der Waals surface area contributed by atoms with E-state index in [-0.39, 0.29) is 0 Å². The number of rotatable bonds is 0. The van der Waals surface area contributed by atoms with Crippen molar-refractivity contribution in [1.82, 2.24) is 0 Å². The first-order valence-electron chi connectivity index (χ1n) is 3.98. The smallest absolute Gasteiger partial charge is 0.337 e. The van der Waals surface area contributed by atoms with Gasteiger partial charge in [0.05, 0.1) is 0 Å². The Morgan fingerprint density at radius 3 is 2.62 bits per heavy atom. The Morgan fingerprint density at radius 1 is 1.00 bits per heavy atom. The Bertz CT molecular complexity index is 489. The zero-order valence-corrected chi connectivity index (χ0v) is 6.90. The highest BCUT2D eigenvalue weighted by Crippen LogP contribution is 2.17. The van der Waals surface area contributed by atoms with Crippen molar-refractivity contribution in [1.29, 1.82) is 0 Å². The third kappa shape index (κ3) is 1.32. The predicted molar refractivity (Wildman–Crippen MR) is 53.7 cm³/mol. The van der Waals surface area contributed by atoms with Gasteiger partial charge in [-0.2, -0.15) is 0 Å². The summed E-state index contributed by atoms with van der Waals surface area (Å²) in [6.45, 7) is 0. The lowest BCUT2D eigenvalue weighted by Crippen LogP contribution is -1.77. The normalized spacial score (nSPS) is 9.23. The second kappa shape index (κ2) is 3.16. The predicted octanol–water partition coefficient (Wildman–Crippen LogP) is 3.02. The zero-order chi connectivity index (χ0) is 9.10. The highest BCUT2D eigenvalue weighted by molar-refractivity contribution is 5.87. The summed E-state index contributed by atoms with van der Waals surface area (Å²) in [4.78, 5) is 0. The minimum absolute atomic E-state index is 0.744. The van der Waals surface area contributed by atoms with Crippen molar-refractivity contribution < 1.29 is 0 Å². The molecule has 0 spiro atoms. The van der Waals surface area contributed by atoms with Crippen LogP contribution in [0.1, 0.15) is 5.56 Å². The first-order chi connectivity index (χ1) is 6.42. The number of nitrogens with zero attached hydrogens (tertiary/aromatic N) is 1. The van der Waals surface area contributed by atoms with Crippen molar-refractivity contribution in [2.75, 3.05) is 0 Å². The maximum Gasteiger partial charge on any atom is 0.337 e. The van der Waals surface area contributed by atoms with Gasteiger partial charge in [-0.05, 0) is 11.5 Å². The van der Waals surface area contributed by atoms with E-state index < -0.39 is 0 Å². The lowest BCUT2D eigenvalue weighted by atomic mass is 10.1. The van der Waals surface area contributed by atoms with Gasteiger partial charge in [-0.3, -0.25) is 0 Å². The monoisotopic (exact) mass is 169 g/mol. The van der Waals surface area contributed by atoms with Crippen LogP contribution in [0.25, 0.3) is 15.8 Å². The molecular weight excluding hydrogens is 162 g/mol. The van der Waals surface area contributed by atoms with Crippen molar-refractivity contribution in [2.24, 2.45) is 0 Å². The quantitative estimate of drug-likeness (QED) is 0.557. The van der Waals surface area contributed by atoms with Crippen molar-refractivity contribution in [3.05, 3.63) is 58.2 Å². The Kier molecular flexibility index (Phi) is 1.85. The topological polar surface area (TPSA) is 27.4 Å². The van der Waals surface area contributed by atoms with Crippen LogP contribution < -0.4 is 0 Å². The van der Waals surface area contributed by atoms with E-state index in [1.165, 1.54) is 0 Å². The Balaban J connectivity index is 2.80. The Morgan fingerprint density at radius 2 is 1.77 bits per heavy atom. The molecule has 0 amide bonds. The maximum absolute atomic E-state index is 10.1. The van der Waals surface area contributed by atoms with E-state index in [9.17, 15) is 5.21 Å². The third-order valence-electron chi connectivity index (χ3n) is 1.96. The van der Waals surface area contributed by atoms with Crippen LogP contribution in [0.3, 0.4) is 0 Å². The van der Waals surface area contributed by atoms with Crippen LogP contribution in [0.4, 0.5) is 0 Å². The fraction of sp³-hybridized carbons (Fsp3) is 0. The van der Waals surface area contributed by atoms with Crippen molar-refractivity contribution in [3.63, 3.8) is 0 Å². The summed E-state index contributed by atoms with van der Waals surface area (Å²) in [5.41, 5.74) is 0.744. The molecule has 2 aromatic carbocycles. The van der Waals surface area contributed by atoms with Crippen LogP contribution in [0, 0.1) is 11.3 Å². The van der Waals surface area contributed by atoms with Crippen LogP contribution >= 0.6 is 0 Å². The van der Waals surface area contributed by atoms with Gasteiger partial charge < -0.3 is 5.21 Å². The molecular formula is C11H7NO. The number of hydrogen-bond acceptors (Lipinski definition) is 1. The van der Waals surface area contributed by atoms with E-state index in [0.29, 0.717) is 0 Å². The van der Waals surface area contributed by atoms with Gasteiger partial charge >= 0.3 is 6.07 Å². The molecule has 2 heteroatoms. The van der Waals surface area contributed by atoms with E-state index in [4.69, 9.17) is 0 Å².